The zero-order valence-corrected chi connectivity index (χ0v) is 23.3. The average Bonchev–Trinajstić information content (AvgIpc) is 3.58. The summed E-state index contributed by atoms with van der Waals surface area (Å²) in [7, 11) is 0. The number of pyridine rings is 2. The Hall–Kier alpha value is -1.76. The maximum atomic E-state index is 5.91. The van der Waals surface area contributed by atoms with Crippen molar-refractivity contribution in [2.24, 2.45) is 5.92 Å². The second kappa shape index (κ2) is 9.36. The van der Waals surface area contributed by atoms with E-state index >= 15 is 0 Å². The van der Waals surface area contributed by atoms with E-state index in [4.69, 9.17) is 9.47 Å². The van der Waals surface area contributed by atoms with Crippen molar-refractivity contribution >= 4 is 56.8 Å². The first-order valence-electron chi connectivity index (χ1n) is 11.8. The van der Waals surface area contributed by atoms with Gasteiger partial charge in [0.25, 0.3) is 0 Å². The van der Waals surface area contributed by atoms with Gasteiger partial charge in [0.05, 0.1) is 25.3 Å². The first kappa shape index (κ1) is 22.7. The summed E-state index contributed by atoms with van der Waals surface area (Å²) in [6, 6.07) is 9.68. The predicted molar refractivity (Wildman–Crippen MR) is 149 cm³/mol. The summed E-state index contributed by atoms with van der Waals surface area (Å²) < 4.78 is 16.3. The largest absolute Gasteiger partial charge is 0.486 e. The lowest BCUT2D eigenvalue weighted by Crippen LogP contribution is -2.39. The van der Waals surface area contributed by atoms with E-state index in [-0.39, 0.29) is 0 Å². The molecule has 0 saturated carbocycles. The van der Waals surface area contributed by atoms with Crippen LogP contribution in [0.5, 0.6) is 11.5 Å². The molecule has 0 spiro atoms. The van der Waals surface area contributed by atoms with Crippen LogP contribution in [0.15, 0.2) is 49.1 Å². The summed E-state index contributed by atoms with van der Waals surface area (Å²) in [5.41, 5.74) is 0. The second-order valence-corrected chi connectivity index (χ2v) is 11.8. The van der Waals surface area contributed by atoms with E-state index in [2.05, 4.69) is 101 Å². The summed E-state index contributed by atoms with van der Waals surface area (Å²) in [5, 5.41) is 0. The van der Waals surface area contributed by atoms with Crippen LogP contribution in [-0.4, -0.2) is 52.9 Å². The number of halogens is 2. The molecule has 0 amide bonds. The van der Waals surface area contributed by atoms with Gasteiger partial charge in [-0.15, -0.1) is 0 Å². The number of hydrogen-bond donors (Lipinski definition) is 0. The SMILES string of the molecule is C[C@@H]1C[C@H]2COc3c(I)ccnc3N2C1.Ic1ccnc2c1OC[C@@H]1C[C@H](n3cccc3)CN21. The zero-order chi connectivity index (χ0) is 23.2. The van der Waals surface area contributed by atoms with Gasteiger partial charge in [-0.2, -0.15) is 0 Å². The molecule has 2 saturated heterocycles. The summed E-state index contributed by atoms with van der Waals surface area (Å²) in [6.07, 6.45) is 10.4. The Morgan fingerprint density at radius 3 is 1.97 bits per heavy atom. The van der Waals surface area contributed by atoms with Crippen molar-refractivity contribution in [3.8, 4) is 11.5 Å². The highest BCUT2D eigenvalue weighted by molar-refractivity contribution is 14.1. The molecule has 2 fully saturated rings. The molecule has 7 nitrogen and oxygen atoms in total. The summed E-state index contributed by atoms with van der Waals surface area (Å²) in [6.45, 7) is 6.02. The number of anilines is 2. The van der Waals surface area contributed by atoms with E-state index < -0.39 is 0 Å². The highest BCUT2D eigenvalue weighted by Crippen LogP contribution is 2.42. The molecule has 7 rings (SSSR count). The lowest BCUT2D eigenvalue weighted by molar-refractivity contribution is 0.265. The minimum atomic E-state index is 0.450. The Morgan fingerprint density at radius 2 is 1.35 bits per heavy atom. The fraction of sp³-hybridized carbons (Fsp3) is 0.440. The first-order valence-corrected chi connectivity index (χ1v) is 13.9. The van der Waals surface area contributed by atoms with Crippen LogP contribution in [0.3, 0.4) is 0 Å². The van der Waals surface area contributed by atoms with Gasteiger partial charge in [0, 0.05) is 37.9 Å². The summed E-state index contributed by atoms with van der Waals surface area (Å²) in [5.74, 6) is 4.74. The molecule has 9 heteroatoms. The van der Waals surface area contributed by atoms with Crippen molar-refractivity contribution in [2.45, 2.75) is 37.9 Å². The van der Waals surface area contributed by atoms with E-state index in [1.165, 1.54) is 6.42 Å². The number of nitrogens with zero attached hydrogens (tertiary/aromatic N) is 5. The zero-order valence-electron chi connectivity index (χ0n) is 19.0. The normalized spacial score (nSPS) is 26.3. The van der Waals surface area contributed by atoms with E-state index in [1.54, 1.807) is 0 Å². The van der Waals surface area contributed by atoms with Crippen LogP contribution in [0, 0.1) is 13.1 Å². The van der Waals surface area contributed by atoms with Crippen LogP contribution < -0.4 is 19.3 Å². The number of rotatable bonds is 1. The number of ether oxygens (including phenoxy) is 2. The number of aromatic nitrogens is 3. The predicted octanol–water partition coefficient (Wildman–Crippen LogP) is 4.99. The highest BCUT2D eigenvalue weighted by atomic mass is 127. The van der Waals surface area contributed by atoms with Crippen molar-refractivity contribution < 1.29 is 9.47 Å². The molecule has 0 radical (unpaired) electrons. The minimum Gasteiger partial charge on any atom is -0.486 e. The first-order chi connectivity index (χ1) is 16.6. The monoisotopic (exact) mass is 683 g/mol. The molecule has 0 N–H and O–H groups in total. The summed E-state index contributed by atoms with van der Waals surface area (Å²) >= 11 is 4.63. The lowest BCUT2D eigenvalue weighted by Gasteiger charge is -2.32. The molecule has 3 aromatic heterocycles. The fourth-order valence-corrected chi connectivity index (χ4v) is 6.66. The number of fused-ring (bicyclic) bond motifs is 6. The van der Waals surface area contributed by atoms with Crippen LogP contribution in [0.4, 0.5) is 11.6 Å². The van der Waals surface area contributed by atoms with Gasteiger partial charge in [0.1, 0.15) is 13.2 Å². The Kier molecular flexibility index (Phi) is 6.25. The van der Waals surface area contributed by atoms with Gasteiger partial charge in [-0.25, -0.2) is 9.97 Å². The van der Waals surface area contributed by atoms with Crippen LogP contribution in [-0.2, 0) is 0 Å². The van der Waals surface area contributed by atoms with E-state index in [9.17, 15) is 0 Å². The third-order valence-electron chi connectivity index (χ3n) is 7.12. The van der Waals surface area contributed by atoms with Crippen molar-refractivity contribution in [3.63, 3.8) is 0 Å². The molecular weight excluding hydrogens is 656 g/mol. The Bertz CT molecular complexity index is 1170. The summed E-state index contributed by atoms with van der Waals surface area (Å²) in [4.78, 5) is 13.8. The molecule has 0 unspecified atom stereocenters. The van der Waals surface area contributed by atoms with Crippen LogP contribution in [0.2, 0.25) is 0 Å². The van der Waals surface area contributed by atoms with E-state index in [0.717, 1.165) is 68.9 Å². The molecule has 178 valence electrons. The van der Waals surface area contributed by atoms with Gasteiger partial charge in [0.2, 0.25) is 0 Å². The topological polar surface area (TPSA) is 55.7 Å². The molecule has 0 aliphatic carbocycles. The van der Waals surface area contributed by atoms with Gasteiger partial charge >= 0.3 is 0 Å². The van der Waals surface area contributed by atoms with Crippen LogP contribution >= 0.6 is 45.2 Å². The Morgan fingerprint density at radius 1 is 0.794 bits per heavy atom. The fourth-order valence-electron chi connectivity index (χ4n) is 5.55. The smallest absolute Gasteiger partial charge is 0.175 e. The molecule has 7 heterocycles. The van der Waals surface area contributed by atoms with E-state index in [0.29, 0.717) is 18.1 Å². The number of hydrogen-bond acceptors (Lipinski definition) is 6. The van der Waals surface area contributed by atoms with Gasteiger partial charge in [-0.05, 0) is 88.2 Å². The maximum absolute atomic E-state index is 5.91. The molecule has 3 aromatic rings. The minimum absolute atomic E-state index is 0.450. The van der Waals surface area contributed by atoms with Gasteiger partial charge < -0.3 is 23.8 Å². The third kappa shape index (κ3) is 4.12. The molecule has 4 aliphatic heterocycles. The van der Waals surface area contributed by atoms with Gasteiger partial charge in [-0.1, -0.05) is 6.92 Å². The van der Waals surface area contributed by atoms with Crippen molar-refractivity contribution in [3.05, 3.63) is 56.2 Å². The van der Waals surface area contributed by atoms with Crippen molar-refractivity contribution in [1.82, 2.24) is 14.5 Å². The Labute approximate surface area is 227 Å². The Balaban J connectivity index is 0.000000132. The average molecular weight is 683 g/mol. The van der Waals surface area contributed by atoms with Gasteiger partial charge in [-0.3, -0.25) is 0 Å². The van der Waals surface area contributed by atoms with Crippen molar-refractivity contribution in [1.29, 1.82) is 0 Å². The standard InChI is InChI=1S/C14H14IN3O.C11H13IN2O/c15-12-3-4-16-14-13(12)19-9-11-7-10(8-18(11)14)17-5-1-2-6-17;1-7-4-8-6-15-10-9(12)2-3-13-11(10)14(8)5-7/h1-6,10-11H,7-9H2;2-3,7-8H,4-6H2,1H3/t10-,11-;7-,8+/m01/s1. The van der Waals surface area contributed by atoms with Crippen LogP contribution in [0.25, 0.3) is 0 Å². The van der Waals surface area contributed by atoms with Gasteiger partial charge in [0.15, 0.2) is 23.1 Å². The second-order valence-electron chi connectivity index (χ2n) is 9.49. The van der Waals surface area contributed by atoms with Crippen molar-refractivity contribution in [2.75, 3.05) is 36.1 Å². The van der Waals surface area contributed by atoms with E-state index in [1.807, 2.05) is 24.5 Å². The lowest BCUT2D eigenvalue weighted by atomic mass is 10.1. The maximum Gasteiger partial charge on any atom is 0.175 e. The molecule has 4 atom stereocenters. The third-order valence-corrected chi connectivity index (χ3v) is 8.82. The molecule has 0 aromatic carbocycles. The van der Waals surface area contributed by atoms with Crippen LogP contribution in [0.1, 0.15) is 25.8 Å². The quantitative estimate of drug-likeness (QED) is 0.337. The molecule has 34 heavy (non-hydrogen) atoms. The molecule has 0 bridgehead atoms. The molecular formula is C25H27I2N5O2. The highest BCUT2D eigenvalue weighted by Gasteiger charge is 2.39. The molecule has 4 aliphatic rings.